The number of anilines is 1. The van der Waals surface area contributed by atoms with E-state index in [0.29, 0.717) is 17.8 Å². The van der Waals surface area contributed by atoms with Crippen LogP contribution in [0.3, 0.4) is 0 Å². The first kappa shape index (κ1) is 20.6. The molecule has 29 heavy (non-hydrogen) atoms. The van der Waals surface area contributed by atoms with Crippen molar-refractivity contribution in [3.8, 4) is 0 Å². The van der Waals surface area contributed by atoms with Crippen molar-refractivity contribution in [1.82, 2.24) is 10.2 Å². The summed E-state index contributed by atoms with van der Waals surface area (Å²) in [5.41, 5.74) is 2.22. The molecule has 0 aliphatic carbocycles. The number of amides is 2. The molecule has 5 heteroatoms. The molecule has 2 amide bonds. The molecule has 3 aromatic rings. The summed E-state index contributed by atoms with van der Waals surface area (Å²) in [5.74, 6) is -0.399. The molecule has 5 nitrogen and oxygen atoms in total. The zero-order valence-corrected chi connectivity index (χ0v) is 17.1. The van der Waals surface area contributed by atoms with Gasteiger partial charge in [-0.3, -0.25) is 9.59 Å². The normalized spacial score (nSPS) is 12.0. The van der Waals surface area contributed by atoms with Gasteiger partial charge in [0.1, 0.15) is 0 Å². The Morgan fingerprint density at radius 2 is 1.55 bits per heavy atom. The number of benzene rings is 3. The van der Waals surface area contributed by atoms with Gasteiger partial charge in [0.2, 0.25) is 5.91 Å². The average Bonchev–Trinajstić information content (AvgIpc) is 2.70. The van der Waals surface area contributed by atoms with Crippen molar-refractivity contribution < 1.29 is 9.59 Å². The van der Waals surface area contributed by atoms with Crippen LogP contribution in [0.2, 0.25) is 0 Å². The molecule has 0 bridgehead atoms. The maximum absolute atomic E-state index is 13.0. The molecule has 0 aliphatic rings. The molecule has 0 spiro atoms. The van der Waals surface area contributed by atoms with Crippen molar-refractivity contribution in [2.24, 2.45) is 0 Å². The lowest BCUT2D eigenvalue weighted by atomic mass is 10.0. The van der Waals surface area contributed by atoms with Gasteiger partial charge in [0.15, 0.2) is 0 Å². The Balaban J connectivity index is 1.79. The first-order valence-corrected chi connectivity index (χ1v) is 9.73. The van der Waals surface area contributed by atoms with Crippen molar-refractivity contribution in [3.05, 3.63) is 77.9 Å². The fourth-order valence-corrected chi connectivity index (χ4v) is 3.35. The molecule has 1 atom stereocenters. The van der Waals surface area contributed by atoms with Gasteiger partial charge in [-0.25, -0.2) is 0 Å². The van der Waals surface area contributed by atoms with Crippen LogP contribution in [-0.2, 0) is 11.2 Å². The number of fused-ring (bicyclic) bond motifs is 1. The molecule has 0 unspecified atom stereocenters. The Hall–Kier alpha value is -3.18. The summed E-state index contributed by atoms with van der Waals surface area (Å²) in [4.78, 5) is 26.7. The predicted molar refractivity (Wildman–Crippen MR) is 118 cm³/mol. The molecule has 0 saturated carbocycles. The number of likely N-dealkylation sites (N-methyl/N-ethyl adjacent to an activating group) is 1. The fourth-order valence-electron chi connectivity index (χ4n) is 3.35. The van der Waals surface area contributed by atoms with E-state index in [1.807, 2.05) is 68.7 Å². The summed E-state index contributed by atoms with van der Waals surface area (Å²) in [6.45, 7) is 1.95. The monoisotopic (exact) mass is 389 g/mol. The van der Waals surface area contributed by atoms with Crippen LogP contribution in [0.5, 0.6) is 0 Å². The summed E-state index contributed by atoms with van der Waals surface area (Å²) in [5, 5.41) is 7.77. The van der Waals surface area contributed by atoms with Gasteiger partial charge in [-0.15, -0.1) is 0 Å². The van der Waals surface area contributed by atoms with Gasteiger partial charge in [0, 0.05) is 19.5 Å². The lowest BCUT2D eigenvalue weighted by molar-refractivity contribution is -0.114. The smallest absolute Gasteiger partial charge is 0.253 e. The number of carbonyl (C=O) groups excluding carboxylic acids is 2. The number of rotatable bonds is 7. The van der Waals surface area contributed by atoms with Gasteiger partial charge in [-0.05, 0) is 49.0 Å². The topological polar surface area (TPSA) is 61.4 Å². The van der Waals surface area contributed by atoms with Crippen LogP contribution < -0.4 is 10.6 Å². The molecule has 0 radical (unpaired) electrons. The number of hydrogen-bond donors (Lipinski definition) is 2. The van der Waals surface area contributed by atoms with E-state index < -0.39 is 0 Å². The zero-order chi connectivity index (χ0) is 20.8. The Labute approximate surface area is 171 Å². The third-order valence-corrected chi connectivity index (χ3v) is 4.98. The molecule has 0 heterocycles. The second-order valence-electron chi connectivity index (χ2n) is 7.44. The van der Waals surface area contributed by atoms with E-state index in [1.165, 1.54) is 12.5 Å². The molecule has 0 aromatic heterocycles. The van der Waals surface area contributed by atoms with Crippen molar-refractivity contribution in [2.75, 3.05) is 26.0 Å². The maximum atomic E-state index is 13.0. The highest BCUT2D eigenvalue weighted by molar-refractivity contribution is 6.07. The molecular weight excluding hydrogens is 362 g/mol. The Kier molecular flexibility index (Phi) is 6.62. The Morgan fingerprint density at radius 1 is 0.931 bits per heavy atom. The first-order valence-electron chi connectivity index (χ1n) is 9.73. The lowest BCUT2D eigenvalue weighted by Crippen LogP contribution is -2.41. The number of nitrogens with one attached hydrogen (secondary N) is 2. The van der Waals surface area contributed by atoms with Crippen LogP contribution in [0.25, 0.3) is 10.8 Å². The standard InChI is InChI=1S/C24H27N3O2/c1-17(28)26-23-15-20-12-8-7-11-19(20)14-22(23)24(29)25-16-21(27(2)3)13-18-9-5-4-6-10-18/h4-12,14-15,21H,13,16H2,1-3H3,(H,25,29)(H,26,28)/t21-/m1/s1. The molecule has 0 saturated heterocycles. The largest absolute Gasteiger partial charge is 0.350 e. The highest BCUT2D eigenvalue weighted by Crippen LogP contribution is 2.24. The average molecular weight is 389 g/mol. The highest BCUT2D eigenvalue weighted by Gasteiger charge is 2.17. The SMILES string of the molecule is CC(=O)Nc1cc2ccccc2cc1C(=O)NC[C@@H](Cc1ccccc1)N(C)C. The van der Waals surface area contributed by atoms with E-state index in [0.717, 1.165) is 17.2 Å². The van der Waals surface area contributed by atoms with Crippen LogP contribution >= 0.6 is 0 Å². The first-order chi connectivity index (χ1) is 13.9. The van der Waals surface area contributed by atoms with Gasteiger partial charge in [0.05, 0.1) is 11.3 Å². The molecule has 3 aromatic carbocycles. The minimum atomic E-state index is -0.204. The molecule has 150 valence electrons. The Morgan fingerprint density at radius 3 is 2.17 bits per heavy atom. The van der Waals surface area contributed by atoms with E-state index in [9.17, 15) is 9.59 Å². The van der Waals surface area contributed by atoms with Crippen LogP contribution in [-0.4, -0.2) is 43.4 Å². The number of carbonyl (C=O) groups is 2. The highest BCUT2D eigenvalue weighted by atomic mass is 16.2. The molecule has 0 aliphatic heterocycles. The van der Waals surface area contributed by atoms with Crippen LogP contribution in [0.15, 0.2) is 66.7 Å². The Bertz CT molecular complexity index is 999. The van der Waals surface area contributed by atoms with E-state index >= 15 is 0 Å². The molecular formula is C24H27N3O2. The van der Waals surface area contributed by atoms with Gasteiger partial charge >= 0.3 is 0 Å². The van der Waals surface area contributed by atoms with Gasteiger partial charge in [-0.2, -0.15) is 0 Å². The fraction of sp³-hybridized carbons (Fsp3) is 0.250. The van der Waals surface area contributed by atoms with E-state index in [1.54, 1.807) is 0 Å². The van der Waals surface area contributed by atoms with Crippen molar-refractivity contribution in [3.63, 3.8) is 0 Å². The summed E-state index contributed by atoms with van der Waals surface area (Å²) < 4.78 is 0. The zero-order valence-electron chi connectivity index (χ0n) is 17.1. The minimum Gasteiger partial charge on any atom is -0.350 e. The van der Waals surface area contributed by atoms with E-state index in [4.69, 9.17) is 0 Å². The number of hydrogen-bond acceptors (Lipinski definition) is 3. The summed E-state index contributed by atoms with van der Waals surface area (Å²) in [6, 6.07) is 21.9. The predicted octanol–water partition coefficient (Wildman–Crippen LogP) is 3.70. The third-order valence-electron chi connectivity index (χ3n) is 4.98. The van der Waals surface area contributed by atoms with Crippen LogP contribution in [0.1, 0.15) is 22.8 Å². The van der Waals surface area contributed by atoms with Crippen molar-refractivity contribution >= 4 is 28.3 Å². The summed E-state index contributed by atoms with van der Waals surface area (Å²) >= 11 is 0. The quantitative estimate of drug-likeness (QED) is 0.648. The molecule has 0 fully saturated rings. The molecule has 3 rings (SSSR count). The number of nitrogens with zero attached hydrogens (tertiary/aromatic N) is 1. The second kappa shape index (κ2) is 9.34. The van der Waals surface area contributed by atoms with E-state index in [2.05, 4.69) is 27.7 Å². The van der Waals surface area contributed by atoms with Gasteiger partial charge < -0.3 is 15.5 Å². The van der Waals surface area contributed by atoms with Crippen molar-refractivity contribution in [1.29, 1.82) is 0 Å². The minimum absolute atomic E-state index is 0.158. The van der Waals surface area contributed by atoms with Crippen molar-refractivity contribution in [2.45, 2.75) is 19.4 Å². The summed E-state index contributed by atoms with van der Waals surface area (Å²) in [7, 11) is 4.02. The van der Waals surface area contributed by atoms with Crippen LogP contribution in [0, 0.1) is 0 Å². The van der Waals surface area contributed by atoms with E-state index in [-0.39, 0.29) is 17.9 Å². The summed E-state index contributed by atoms with van der Waals surface area (Å²) in [6.07, 6.45) is 0.838. The van der Waals surface area contributed by atoms with Gasteiger partial charge in [-0.1, -0.05) is 54.6 Å². The maximum Gasteiger partial charge on any atom is 0.253 e. The lowest BCUT2D eigenvalue weighted by Gasteiger charge is -2.25. The third kappa shape index (κ3) is 5.42. The van der Waals surface area contributed by atoms with Crippen LogP contribution in [0.4, 0.5) is 5.69 Å². The van der Waals surface area contributed by atoms with Gasteiger partial charge in [0.25, 0.3) is 5.91 Å². The second-order valence-corrected chi connectivity index (χ2v) is 7.44. The molecule has 2 N–H and O–H groups in total.